The Morgan fingerprint density at radius 3 is 2.58 bits per heavy atom. The van der Waals surface area contributed by atoms with Crippen LogP contribution in [0.3, 0.4) is 0 Å². The molecule has 0 saturated carbocycles. The van der Waals surface area contributed by atoms with Gasteiger partial charge in [0.05, 0.1) is 30.1 Å². The number of carbonyl (C=O) groups excluding carboxylic acids is 3. The summed E-state index contributed by atoms with van der Waals surface area (Å²) in [5, 5.41) is 16.4. The molecule has 2 bridgehead atoms. The molecule has 8 heteroatoms. The van der Waals surface area contributed by atoms with E-state index in [9.17, 15) is 19.5 Å². The van der Waals surface area contributed by atoms with Crippen LogP contribution in [0, 0.1) is 31.6 Å². The van der Waals surface area contributed by atoms with E-state index in [0.717, 1.165) is 17.5 Å². The lowest BCUT2D eigenvalue weighted by atomic mass is 9.66. The lowest BCUT2D eigenvalue weighted by Gasteiger charge is -2.37. The Morgan fingerprint density at radius 2 is 1.94 bits per heavy atom. The normalized spacial score (nSPS) is 31.6. The number of aryl methyl sites for hydroxylation is 2. The van der Waals surface area contributed by atoms with Crippen molar-refractivity contribution >= 4 is 23.4 Å². The van der Waals surface area contributed by atoms with Gasteiger partial charge in [0.2, 0.25) is 17.7 Å². The highest BCUT2D eigenvalue weighted by molar-refractivity contribution is 6.04. The summed E-state index contributed by atoms with van der Waals surface area (Å²) in [6, 6.07) is 4.37. The minimum atomic E-state index is -1.10. The van der Waals surface area contributed by atoms with Crippen LogP contribution < -0.4 is 10.6 Å². The molecule has 3 saturated heterocycles. The highest BCUT2D eigenvalue weighted by Crippen LogP contribution is 2.63. The van der Waals surface area contributed by atoms with E-state index in [2.05, 4.69) is 10.6 Å². The van der Waals surface area contributed by atoms with E-state index in [1.807, 2.05) is 59.7 Å². The number of fused-ring (bicyclic) bond motifs is 1. The molecule has 2 unspecified atom stereocenters. The Labute approximate surface area is 214 Å². The largest absolute Gasteiger partial charge is 0.394 e. The Hall–Kier alpha value is -2.45. The fraction of sp³-hybridized carbons (Fsp3) is 0.679. The SMILES string of the molecule is CCCNC(=O)[C@@H]1[C@H]2C(=O)N([C@@H](CO)CC(C)C)C(C(=O)Nc3cc(C)ccc3C)C23CC[C@@]1(C)O3. The van der Waals surface area contributed by atoms with Crippen LogP contribution in [0.5, 0.6) is 0 Å². The minimum absolute atomic E-state index is 0.195. The van der Waals surface area contributed by atoms with Gasteiger partial charge in [-0.25, -0.2) is 0 Å². The van der Waals surface area contributed by atoms with Gasteiger partial charge < -0.3 is 25.4 Å². The Kier molecular flexibility index (Phi) is 7.23. The molecule has 3 aliphatic rings. The molecular weight excluding hydrogens is 458 g/mol. The molecule has 3 aliphatic heterocycles. The van der Waals surface area contributed by atoms with Crippen LogP contribution in [-0.2, 0) is 19.1 Å². The van der Waals surface area contributed by atoms with Gasteiger partial charge in [-0.2, -0.15) is 0 Å². The second kappa shape index (κ2) is 9.78. The molecule has 1 aromatic carbocycles. The van der Waals surface area contributed by atoms with Crippen LogP contribution in [0.15, 0.2) is 18.2 Å². The van der Waals surface area contributed by atoms with E-state index in [0.29, 0.717) is 31.5 Å². The molecule has 0 aliphatic carbocycles. The van der Waals surface area contributed by atoms with Crippen molar-refractivity contribution in [2.75, 3.05) is 18.5 Å². The van der Waals surface area contributed by atoms with Crippen molar-refractivity contribution in [3.8, 4) is 0 Å². The maximum atomic E-state index is 14.1. The number of rotatable bonds is 9. The fourth-order valence-electron chi connectivity index (χ4n) is 6.71. The second-order valence-corrected chi connectivity index (χ2v) is 11.5. The number of nitrogens with zero attached hydrogens (tertiary/aromatic N) is 1. The first-order chi connectivity index (χ1) is 17.0. The average molecular weight is 500 g/mol. The van der Waals surface area contributed by atoms with Gasteiger partial charge in [-0.05, 0) is 69.6 Å². The van der Waals surface area contributed by atoms with Gasteiger partial charge in [0, 0.05) is 12.2 Å². The average Bonchev–Trinajstić information content (AvgIpc) is 3.39. The van der Waals surface area contributed by atoms with Crippen molar-refractivity contribution in [1.82, 2.24) is 10.2 Å². The zero-order valence-electron chi connectivity index (χ0n) is 22.4. The molecule has 0 radical (unpaired) electrons. The number of benzene rings is 1. The highest BCUT2D eigenvalue weighted by Gasteiger charge is 2.78. The molecule has 3 N–H and O–H groups in total. The number of aliphatic hydroxyl groups is 1. The summed E-state index contributed by atoms with van der Waals surface area (Å²) < 4.78 is 6.65. The zero-order valence-corrected chi connectivity index (χ0v) is 22.4. The fourth-order valence-corrected chi connectivity index (χ4v) is 6.71. The topological polar surface area (TPSA) is 108 Å². The Balaban J connectivity index is 1.78. The monoisotopic (exact) mass is 499 g/mol. The number of nitrogens with one attached hydrogen (secondary N) is 2. The first kappa shape index (κ1) is 26.6. The van der Waals surface area contributed by atoms with Crippen LogP contribution in [0.25, 0.3) is 0 Å². The summed E-state index contributed by atoms with van der Waals surface area (Å²) in [4.78, 5) is 43.1. The van der Waals surface area contributed by atoms with Crippen LogP contribution >= 0.6 is 0 Å². The minimum Gasteiger partial charge on any atom is -0.394 e. The van der Waals surface area contributed by atoms with Gasteiger partial charge in [-0.15, -0.1) is 0 Å². The lowest BCUT2D eigenvalue weighted by molar-refractivity contribution is -0.148. The van der Waals surface area contributed by atoms with Crippen LogP contribution in [0.1, 0.15) is 64.5 Å². The van der Waals surface area contributed by atoms with E-state index in [4.69, 9.17) is 4.74 Å². The number of carbonyl (C=O) groups is 3. The first-order valence-corrected chi connectivity index (χ1v) is 13.3. The maximum Gasteiger partial charge on any atom is 0.250 e. The summed E-state index contributed by atoms with van der Waals surface area (Å²) in [5.74, 6) is -2.03. The third-order valence-corrected chi connectivity index (χ3v) is 8.29. The molecular formula is C28H41N3O5. The van der Waals surface area contributed by atoms with Gasteiger partial charge >= 0.3 is 0 Å². The predicted octanol–water partition coefficient (Wildman–Crippen LogP) is 2.94. The predicted molar refractivity (Wildman–Crippen MR) is 137 cm³/mol. The molecule has 0 aromatic heterocycles. The Morgan fingerprint density at radius 1 is 1.22 bits per heavy atom. The van der Waals surface area contributed by atoms with Crippen molar-refractivity contribution in [3.05, 3.63) is 29.3 Å². The van der Waals surface area contributed by atoms with E-state index >= 15 is 0 Å². The molecule has 3 fully saturated rings. The molecule has 1 aromatic rings. The van der Waals surface area contributed by atoms with Crippen molar-refractivity contribution in [2.45, 2.75) is 90.5 Å². The summed E-state index contributed by atoms with van der Waals surface area (Å²) in [6.45, 7) is 12.1. The van der Waals surface area contributed by atoms with E-state index in [-0.39, 0.29) is 30.2 Å². The molecule has 198 valence electrons. The highest BCUT2D eigenvalue weighted by atomic mass is 16.5. The van der Waals surface area contributed by atoms with Crippen molar-refractivity contribution in [3.63, 3.8) is 0 Å². The summed E-state index contributed by atoms with van der Waals surface area (Å²) in [5.41, 5.74) is 0.700. The van der Waals surface area contributed by atoms with E-state index in [1.54, 1.807) is 4.90 Å². The number of hydrogen-bond donors (Lipinski definition) is 3. The van der Waals surface area contributed by atoms with Crippen molar-refractivity contribution in [1.29, 1.82) is 0 Å². The number of aliphatic hydroxyl groups excluding tert-OH is 1. The molecule has 3 heterocycles. The third-order valence-electron chi connectivity index (χ3n) is 8.29. The van der Waals surface area contributed by atoms with Gasteiger partial charge in [0.25, 0.3) is 0 Å². The van der Waals surface area contributed by atoms with Gasteiger partial charge in [-0.1, -0.05) is 32.9 Å². The Bertz CT molecular complexity index is 1040. The maximum absolute atomic E-state index is 14.1. The number of amides is 3. The quantitative estimate of drug-likeness (QED) is 0.484. The molecule has 3 amide bonds. The van der Waals surface area contributed by atoms with Gasteiger partial charge in [0.15, 0.2) is 0 Å². The molecule has 8 nitrogen and oxygen atoms in total. The summed E-state index contributed by atoms with van der Waals surface area (Å²) in [7, 11) is 0. The zero-order chi connectivity index (χ0) is 26.4. The summed E-state index contributed by atoms with van der Waals surface area (Å²) >= 11 is 0. The molecule has 36 heavy (non-hydrogen) atoms. The van der Waals surface area contributed by atoms with Gasteiger partial charge in [-0.3, -0.25) is 14.4 Å². The number of hydrogen-bond acceptors (Lipinski definition) is 5. The van der Waals surface area contributed by atoms with Crippen molar-refractivity contribution in [2.24, 2.45) is 17.8 Å². The standard InChI is InChI=1S/C28H41N3O5/c1-7-12-29-24(33)21-22-26(35)31(19(15-32)13-16(2)3)23(28(22)11-10-27(21,6)36-28)25(34)30-20-14-17(4)8-9-18(20)5/h8-9,14,16,19,21-23,32H,7,10-13,15H2,1-6H3,(H,29,33)(H,30,34)/t19-,21+,22+,23?,27-,28?/m1/s1. The number of ether oxygens (including phenoxy) is 1. The molecule has 6 atom stereocenters. The smallest absolute Gasteiger partial charge is 0.250 e. The second-order valence-electron chi connectivity index (χ2n) is 11.5. The van der Waals surface area contributed by atoms with Crippen LogP contribution in [-0.4, -0.2) is 64.2 Å². The summed E-state index contributed by atoms with van der Waals surface area (Å²) in [6.07, 6.45) is 2.44. The van der Waals surface area contributed by atoms with Crippen LogP contribution in [0.2, 0.25) is 0 Å². The van der Waals surface area contributed by atoms with E-state index < -0.39 is 35.1 Å². The molecule has 4 rings (SSSR count). The number of likely N-dealkylation sites (tertiary alicyclic amines) is 1. The van der Waals surface area contributed by atoms with E-state index in [1.165, 1.54) is 0 Å². The lowest BCUT2D eigenvalue weighted by Crippen LogP contribution is -2.56. The third kappa shape index (κ3) is 4.22. The van der Waals surface area contributed by atoms with Crippen LogP contribution in [0.4, 0.5) is 5.69 Å². The first-order valence-electron chi connectivity index (χ1n) is 13.3. The van der Waals surface area contributed by atoms with Gasteiger partial charge in [0.1, 0.15) is 11.6 Å². The number of anilines is 1. The van der Waals surface area contributed by atoms with Crippen molar-refractivity contribution < 1.29 is 24.2 Å². The molecule has 1 spiro atoms.